The number of rotatable bonds is 14. The maximum atomic E-state index is 14.0. The first-order chi connectivity index (χ1) is 19.2. The second kappa shape index (κ2) is 14.7. The summed E-state index contributed by atoms with van der Waals surface area (Å²) in [5.74, 6) is -0.243. The third-order valence-electron chi connectivity index (χ3n) is 6.46. The molecule has 8 nitrogen and oxygen atoms in total. The predicted octanol–water partition coefficient (Wildman–Crippen LogP) is 4.92. The van der Waals surface area contributed by atoms with Gasteiger partial charge in [0.1, 0.15) is 18.3 Å². The Bertz CT molecular complexity index is 1350. The van der Waals surface area contributed by atoms with Gasteiger partial charge in [0.2, 0.25) is 11.8 Å². The molecule has 0 bridgehead atoms. The predicted molar refractivity (Wildman–Crippen MR) is 158 cm³/mol. The van der Waals surface area contributed by atoms with Crippen molar-refractivity contribution in [1.82, 2.24) is 10.2 Å². The van der Waals surface area contributed by atoms with Crippen LogP contribution in [-0.2, 0) is 26.0 Å². The normalized spacial score (nSPS) is 11.9. The van der Waals surface area contributed by atoms with E-state index >= 15 is 0 Å². The van der Waals surface area contributed by atoms with Gasteiger partial charge >= 0.3 is 0 Å². The van der Waals surface area contributed by atoms with Gasteiger partial charge in [-0.25, -0.2) is 8.42 Å². The van der Waals surface area contributed by atoms with Crippen LogP contribution in [0.2, 0.25) is 5.02 Å². The highest BCUT2D eigenvalue weighted by Crippen LogP contribution is 2.27. The zero-order valence-corrected chi connectivity index (χ0v) is 24.6. The summed E-state index contributed by atoms with van der Waals surface area (Å²) in [6.45, 7) is 4.02. The summed E-state index contributed by atoms with van der Waals surface area (Å²) in [7, 11) is -2.67. The van der Waals surface area contributed by atoms with Crippen LogP contribution in [0, 0.1) is 0 Å². The minimum Gasteiger partial charge on any atom is -0.497 e. The molecule has 214 valence electrons. The monoisotopic (exact) mass is 585 g/mol. The molecule has 0 saturated carbocycles. The van der Waals surface area contributed by atoms with E-state index in [2.05, 4.69) is 5.32 Å². The molecule has 0 aliphatic rings. The zero-order valence-electron chi connectivity index (χ0n) is 23.0. The van der Waals surface area contributed by atoms with E-state index in [4.69, 9.17) is 16.3 Å². The lowest BCUT2D eigenvalue weighted by molar-refractivity contribution is -0.139. The number of nitrogens with one attached hydrogen (secondary N) is 1. The van der Waals surface area contributed by atoms with Gasteiger partial charge < -0.3 is 15.0 Å². The van der Waals surface area contributed by atoms with E-state index in [0.29, 0.717) is 30.2 Å². The van der Waals surface area contributed by atoms with Crippen molar-refractivity contribution in [3.8, 4) is 5.75 Å². The van der Waals surface area contributed by atoms with Crippen molar-refractivity contribution < 1.29 is 22.7 Å². The van der Waals surface area contributed by atoms with Gasteiger partial charge in [0.15, 0.2) is 0 Å². The standard InChI is InChI=1S/C30H36ClN3O5S/c1-4-20-32-30(36)28(5-2)33(21-19-23-9-7-6-8-10-23)29(35)22-34(25-13-11-24(31)12-14-25)40(37,38)27-17-15-26(39-3)16-18-27/h6-18,28H,4-5,19-22H2,1-3H3,(H,32,36). The Kier molecular flexibility index (Phi) is 11.4. The number of methoxy groups -OCH3 is 1. The van der Waals surface area contributed by atoms with Crippen molar-refractivity contribution in [3.63, 3.8) is 0 Å². The topological polar surface area (TPSA) is 96.0 Å². The number of anilines is 1. The zero-order chi connectivity index (χ0) is 29.1. The van der Waals surface area contributed by atoms with Gasteiger partial charge in [-0.3, -0.25) is 13.9 Å². The number of halogens is 1. The van der Waals surface area contributed by atoms with E-state index in [1.54, 1.807) is 36.4 Å². The molecule has 1 atom stereocenters. The smallest absolute Gasteiger partial charge is 0.264 e. The van der Waals surface area contributed by atoms with Crippen LogP contribution < -0.4 is 14.4 Å². The van der Waals surface area contributed by atoms with Crippen molar-refractivity contribution in [2.24, 2.45) is 0 Å². The van der Waals surface area contributed by atoms with Crippen molar-refractivity contribution >= 4 is 39.1 Å². The molecule has 0 aliphatic heterocycles. The van der Waals surface area contributed by atoms with Crippen LogP contribution in [0.25, 0.3) is 0 Å². The summed E-state index contributed by atoms with van der Waals surface area (Å²) < 4.78 is 34.0. The van der Waals surface area contributed by atoms with E-state index in [0.717, 1.165) is 16.3 Å². The lowest BCUT2D eigenvalue weighted by Crippen LogP contribution is -2.53. The molecule has 40 heavy (non-hydrogen) atoms. The van der Waals surface area contributed by atoms with Crippen molar-refractivity contribution in [1.29, 1.82) is 0 Å². The fourth-order valence-corrected chi connectivity index (χ4v) is 5.81. The van der Waals surface area contributed by atoms with Gasteiger partial charge in [0.25, 0.3) is 10.0 Å². The van der Waals surface area contributed by atoms with Crippen LogP contribution in [-0.4, -0.2) is 57.9 Å². The fourth-order valence-electron chi connectivity index (χ4n) is 4.27. The largest absolute Gasteiger partial charge is 0.497 e. The SMILES string of the molecule is CCCNC(=O)C(CC)N(CCc1ccccc1)C(=O)CN(c1ccc(Cl)cc1)S(=O)(=O)c1ccc(OC)cc1. The molecule has 0 spiro atoms. The Morgan fingerprint density at radius 1 is 0.950 bits per heavy atom. The van der Waals surface area contributed by atoms with Crippen LogP contribution in [0.1, 0.15) is 32.3 Å². The first kappa shape index (κ1) is 31.0. The molecule has 0 heterocycles. The molecule has 3 aromatic rings. The van der Waals surface area contributed by atoms with Crippen LogP contribution in [0.15, 0.2) is 83.8 Å². The highest BCUT2D eigenvalue weighted by molar-refractivity contribution is 7.92. The molecule has 3 rings (SSSR count). The molecule has 1 N–H and O–H groups in total. The van der Waals surface area contributed by atoms with E-state index in [9.17, 15) is 18.0 Å². The molecule has 0 saturated heterocycles. The molecule has 0 fully saturated rings. The third kappa shape index (κ3) is 7.99. The summed E-state index contributed by atoms with van der Waals surface area (Å²) >= 11 is 6.07. The van der Waals surface area contributed by atoms with Gasteiger partial charge in [0.05, 0.1) is 17.7 Å². The lowest BCUT2D eigenvalue weighted by Gasteiger charge is -2.33. The van der Waals surface area contributed by atoms with Crippen LogP contribution in [0.3, 0.4) is 0 Å². The van der Waals surface area contributed by atoms with Gasteiger partial charge in [0, 0.05) is 18.1 Å². The molecule has 3 aromatic carbocycles. The van der Waals surface area contributed by atoms with E-state index in [1.807, 2.05) is 44.2 Å². The summed E-state index contributed by atoms with van der Waals surface area (Å²) in [5.41, 5.74) is 1.28. The number of carbonyl (C=O) groups is 2. The number of nitrogens with zero attached hydrogens (tertiary/aromatic N) is 2. The molecule has 0 aliphatic carbocycles. The quantitative estimate of drug-likeness (QED) is 0.290. The third-order valence-corrected chi connectivity index (χ3v) is 8.50. The van der Waals surface area contributed by atoms with Crippen molar-refractivity contribution in [2.45, 2.75) is 44.0 Å². The van der Waals surface area contributed by atoms with Gasteiger partial charge in [-0.1, -0.05) is 55.8 Å². The van der Waals surface area contributed by atoms with Crippen LogP contribution in [0.5, 0.6) is 5.75 Å². The second-order valence-electron chi connectivity index (χ2n) is 9.20. The first-order valence-corrected chi connectivity index (χ1v) is 15.1. The average molecular weight is 586 g/mol. The number of benzene rings is 3. The fraction of sp³-hybridized carbons (Fsp3) is 0.333. The highest BCUT2D eigenvalue weighted by Gasteiger charge is 2.33. The molecule has 1 unspecified atom stereocenters. The summed E-state index contributed by atoms with van der Waals surface area (Å²) in [5, 5.41) is 3.31. The maximum absolute atomic E-state index is 14.0. The van der Waals surface area contributed by atoms with E-state index in [1.165, 1.54) is 24.1 Å². The van der Waals surface area contributed by atoms with Crippen molar-refractivity contribution in [2.75, 3.05) is 31.0 Å². The number of hydrogen-bond acceptors (Lipinski definition) is 5. The Labute approximate surface area is 241 Å². The Morgan fingerprint density at radius 3 is 2.17 bits per heavy atom. The number of sulfonamides is 1. The lowest BCUT2D eigenvalue weighted by atomic mass is 10.1. The molecule has 10 heteroatoms. The molecular formula is C30H36ClN3O5S. The number of ether oxygens (including phenoxy) is 1. The molecule has 0 radical (unpaired) electrons. The Hall–Kier alpha value is -3.56. The van der Waals surface area contributed by atoms with Gasteiger partial charge in [-0.15, -0.1) is 0 Å². The van der Waals surface area contributed by atoms with Crippen LogP contribution >= 0.6 is 11.6 Å². The second-order valence-corrected chi connectivity index (χ2v) is 11.5. The van der Waals surface area contributed by atoms with Gasteiger partial charge in [-0.2, -0.15) is 0 Å². The maximum Gasteiger partial charge on any atom is 0.264 e. The molecule has 2 amide bonds. The van der Waals surface area contributed by atoms with Gasteiger partial charge in [-0.05, 0) is 73.4 Å². The summed E-state index contributed by atoms with van der Waals surface area (Å²) in [6, 6.07) is 21.1. The molecule has 0 aromatic heterocycles. The number of carbonyl (C=O) groups excluding carboxylic acids is 2. The minimum absolute atomic E-state index is 0.000356. The van der Waals surface area contributed by atoms with E-state index < -0.39 is 28.5 Å². The highest BCUT2D eigenvalue weighted by atomic mass is 35.5. The van der Waals surface area contributed by atoms with E-state index in [-0.39, 0.29) is 23.0 Å². The minimum atomic E-state index is -4.17. The average Bonchev–Trinajstić information content (AvgIpc) is 2.97. The first-order valence-electron chi connectivity index (χ1n) is 13.2. The Balaban J connectivity index is 1.99. The van der Waals surface area contributed by atoms with Crippen LogP contribution in [0.4, 0.5) is 5.69 Å². The molecular weight excluding hydrogens is 550 g/mol. The number of hydrogen-bond donors (Lipinski definition) is 1. The number of amides is 2. The Morgan fingerprint density at radius 2 is 1.60 bits per heavy atom. The van der Waals surface area contributed by atoms with Crippen molar-refractivity contribution in [3.05, 3.63) is 89.4 Å². The summed E-state index contributed by atoms with van der Waals surface area (Å²) in [4.78, 5) is 28.6. The summed E-state index contributed by atoms with van der Waals surface area (Å²) in [6.07, 6.45) is 1.64.